The second-order valence-corrected chi connectivity index (χ2v) is 6.32. The standard InChI is InChI=1S/C19H19F2N3O3/c1-25-14-8-15(26-2)19(21)17(18(14)20)12-7-13-11(9-22-12)10-23-24(13)16-5-3-4-6-27-16/h7-10,16H,3-6H2,1-2H3. The maximum atomic E-state index is 14.8. The first-order chi connectivity index (χ1) is 13.1. The van der Waals surface area contributed by atoms with Gasteiger partial charge in [-0.3, -0.25) is 4.98 Å². The number of fused-ring (bicyclic) bond motifs is 1. The van der Waals surface area contributed by atoms with E-state index in [1.54, 1.807) is 23.1 Å². The molecule has 2 aromatic heterocycles. The van der Waals surface area contributed by atoms with Gasteiger partial charge in [-0.1, -0.05) is 0 Å². The van der Waals surface area contributed by atoms with Gasteiger partial charge in [-0.15, -0.1) is 0 Å². The fourth-order valence-corrected chi connectivity index (χ4v) is 3.33. The fraction of sp³-hybridized carbons (Fsp3) is 0.368. The van der Waals surface area contributed by atoms with Crippen molar-refractivity contribution in [2.45, 2.75) is 25.5 Å². The topological polar surface area (TPSA) is 58.4 Å². The Bertz CT molecular complexity index is 956. The van der Waals surface area contributed by atoms with E-state index in [1.165, 1.54) is 20.3 Å². The predicted octanol–water partition coefficient (Wildman–Crippen LogP) is 4.09. The predicted molar refractivity (Wildman–Crippen MR) is 94.8 cm³/mol. The molecule has 1 aliphatic heterocycles. The molecule has 27 heavy (non-hydrogen) atoms. The van der Waals surface area contributed by atoms with Gasteiger partial charge >= 0.3 is 0 Å². The van der Waals surface area contributed by atoms with Crippen molar-refractivity contribution in [3.63, 3.8) is 0 Å². The van der Waals surface area contributed by atoms with E-state index in [0.717, 1.165) is 24.6 Å². The van der Waals surface area contributed by atoms with Gasteiger partial charge in [-0.05, 0) is 25.3 Å². The molecule has 0 radical (unpaired) electrons. The molecule has 142 valence electrons. The highest BCUT2D eigenvalue weighted by Gasteiger charge is 2.24. The molecule has 4 rings (SSSR count). The number of ether oxygens (including phenoxy) is 3. The molecule has 3 aromatic rings. The van der Waals surface area contributed by atoms with E-state index in [9.17, 15) is 8.78 Å². The van der Waals surface area contributed by atoms with E-state index in [1.807, 2.05) is 0 Å². The van der Waals surface area contributed by atoms with Gasteiger partial charge in [0, 0.05) is 24.3 Å². The second kappa shape index (κ2) is 7.11. The average molecular weight is 375 g/mol. The van der Waals surface area contributed by atoms with Crippen LogP contribution in [0, 0.1) is 11.6 Å². The number of hydrogen-bond donors (Lipinski definition) is 0. The summed E-state index contributed by atoms with van der Waals surface area (Å²) < 4.78 is 47.2. The molecular formula is C19H19F2N3O3. The Balaban J connectivity index is 1.87. The van der Waals surface area contributed by atoms with Crippen molar-refractivity contribution >= 4 is 10.9 Å². The highest BCUT2D eigenvalue weighted by Crippen LogP contribution is 2.38. The van der Waals surface area contributed by atoms with E-state index < -0.39 is 11.6 Å². The third-order valence-corrected chi connectivity index (χ3v) is 4.74. The largest absolute Gasteiger partial charge is 0.494 e. The number of nitrogens with zero attached hydrogens (tertiary/aromatic N) is 3. The molecule has 1 saturated heterocycles. The van der Waals surface area contributed by atoms with E-state index >= 15 is 0 Å². The van der Waals surface area contributed by atoms with E-state index in [-0.39, 0.29) is 29.0 Å². The number of pyridine rings is 1. The molecule has 0 amide bonds. The molecule has 0 spiro atoms. The zero-order valence-electron chi connectivity index (χ0n) is 15.0. The molecule has 0 N–H and O–H groups in total. The quantitative estimate of drug-likeness (QED) is 0.687. The highest BCUT2D eigenvalue weighted by atomic mass is 19.1. The average Bonchev–Trinajstić information content (AvgIpc) is 3.12. The Morgan fingerprint density at radius 1 is 1.07 bits per heavy atom. The molecule has 1 unspecified atom stereocenters. The van der Waals surface area contributed by atoms with Gasteiger partial charge in [0.15, 0.2) is 29.4 Å². The van der Waals surface area contributed by atoms with Crippen molar-refractivity contribution in [1.82, 2.24) is 14.8 Å². The minimum absolute atomic E-state index is 0.116. The zero-order chi connectivity index (χ0) is 19.0. The van der Waals surface area contributed by atoms with Crippen molar-refractivity contribution in [2.24, 2.45) is 0 Å². The monoisotopic (exact) mass is 375 g/mol. The summed E-state index contributed by atoms with van der Waals surface area (Å²) in [6, 6.07) is 2.79. The van der Waals surface area contributed by atoms with Crippen LogP contribution in [0.3, 0.4) is 0 Å². The van der Waals surface area contributed by atoms with Gasteiger partial charge < -0.3 is 14.2 Å². The Hall–Kier alpha value is -2.74. The summed E-state index contributed by atoms with van der Waals surface area (Å²) in [6.45, 7) is 0.667. The van der Waals surface area contributed by atoms with Crippen LogP contribution in [0.1, 0.15) is 25.5 Å². The summed E-state index contributed by atoms with van der Waals surface area (Å²) in [6.07, 6.45) is 5.92. The smallest absolute Gasteiger partial charge is 0.177 e. The van der Waals surface area contributed by atoms with Gasteiger partial charge in [0.2, 0.25) is 0 Å². The van der Waals surface area contributed by atoms with E-state index in [2.05, 4.69) is 10.1 Å². The summed E-state index contributed by atoms with van der Waals surface area (Å²) in [5.41, 5.74) is 0.533. The molecule has 0 bridgehead atoms. The van der Waals surface area contributed by atoms with Crippen molar-refractivity contribution in [3.8, 4) is 22.8 Å². The third-order valence-electron chi connectivity index (χ3n) is 4.74. The maximum absolute atomic E-state index is 14.8. The zero-order valence-corrected chi connectivity index (χ0v) is 15.0. The third kappa shape index (κ3) is 2.99. The minimum Gasteiger partial charge on any atom is -0.494 e. The van der Waals surface area contributed by atoms with Crippen LogP contribution in [0.25, 0.3) is 22.2 Å². The van der Waals surface area contributed by atoms with Crippen molar-refractivity contribution < 1.29 is 23.0 Å². The van der Waals surface area contributed by atoms with Gasteiger partial charge in [0.25, 0.3) is 0 Å². The van der Waals surface area contributed by atoms with Crippen molar-refractivity contribution in [1.29, 1.82) is 0 Å². The summed E-state index contributed by atoms with van der Waals surface area (Å²) in [5, 5.41) is 5.15. The number of rotatable bonds is 4. The molecular weight excluding hydrogens is 356 g/mol. The first-order valence-electron chi connectivity index (χ1n) is 8.69. The van der Waals surface area contributed by atoms with Gasteiger partial charge in [0.1, 0.15) is 0 Å². The number of aromatic nitrogens is 3. The maximum Gasteiger partial charge on any atom is 0.177 e. The summed E-state index contributed by atoms with van der Waals surface area (Å²) in [5.74, 6) is -1.89. The molecule has 1 aliphatic rings. The van der Waals surface area contributed by atoms with Crippen molar-refractivity contribution in [3.05, 3.63) is 36.2 Å². The van der Waals surface area contributed by atoms with Crippen LogP contribution in [0.4, 0.5) is 8.78 Å². The lowest BCUT2D eigenvalue weighted by atomic mass is 10.1. The Morgan fingerprint density at radius 2 is 1.81 bits per heavy atom. The Kier molecular flexibility index (Phi) is 4.65. The van der Waals surface area contributed by atoms with E-state index in [4.69, 9.17) is 14.2 Å². The van der Waals surface area contributed by atoms with Crippen LogP contribution < -0.4 is 9.47 Å². The first kappa shape index (κ1) is 17.7. The highest BCUT2D eigenvalue weighted by molar-refractivity contribution is 5.82. The molecule has 3 heterocycles. The molecule has 0 saturated carbocycles. The lowest BCUT2D eigenvalue weighted by Crippen LogP contribution is -2.19. The van der Waals surface area contributed by atoms with Gasteiger partial charge in [-0.2, -0.15) is 5.10 Å². The van der Waals surface area contributed by atoms with Crippen LogP contribution >= 0.6 is 0 Å². The summed E-state index contributed by atoms with van der Waals surface area (Å²) >= 11 is 0. The number of hydrogen-bond acceptors (Lipinski definition) is 5. The SMILES string of the molecule is COc1cc(OC)c(F)c(-c2cc3c(cn2)cnn3C2CCCCO2)c1F. The van der Waals surface area contributed by atoms with Gasteiger partial charge in [-0.25, -0.2) is 13.5 Å². The Morgan fingerprint density at radius 3 is 2.44 bits per heavy atom. The normalized spacial score (nSPS) is 17.3. The van der Waals surface area contributed by atoms with Crippen LogP contribution in [0.15, 0.2) is 24.5 Å². The molecule has 1 atom stereocenters. The molecule has 6 nitrogen and oxygen atoms in total. The molecule has 8 heteroatoms. The number of methoxy groups -OCH3 is 2. The van der Waals surface area contributed by atoms with Crippen LogP contribution in [0.2, 0.25) is 0 Å². The number of halogens is 2. The lowest BCUT2D eigenvalue weighted by Gasteiger charge is -2.23. The first-order valence-corrected chi connectivity index (χ1v) is 8.69. The lowest BCUT2D eigenvalue weighted by molar-refractivity contribution is -0.0366. The minimum atomic E-state index is -0.831. The molecule has 1 aromatic carbocycles. The van der Waals surface area contributed by atoms with Crippen LogP contribution in [-0.2, 0) is 4.74 Å². The second-order valence-electron chi connectivity index (χ2n) is 6.32. The Labute approximate surface area is 154 Å². The molecule has 1 fully saturated rings. The van der Waals surface area contributed by atoms with Crippen LogP contribution in [0.5, 0.6) is 11.5 Å². The van der Waals surface area contributed by atoms with Gasteiger partial charge in [0.05, 0.1) is 37.2 Å². The number of benzene rings is 1. The summed E-state index contributed by atoms with van der Waals surface area (Å²) in [7, 11) is 2.62. The van der Waals surface area contributed by atoms with Crippen molar-refractivity contribution in [2.75, 3.05) is 20.8 Å². The van der Waals surface area contributed by atoms with E-state index in [0.29, 0.717) is 12.1 Å². The molecule has 0 aliphatic carbocycles. The fourth-order valence-electron chi connectivity index (χ4n) is 3.33. The van der Waals surface area contributed by atoms with Crippen LogP contribution in [-0.4, -0.2) is 35.6 Å². The summed E-state index contributed by atoms with van der Waals surface area (Å²) in [4.78, 5) is 4.22.